The Balaban J connectivity index is 1.47. The molecule has 11 heteroatoms. The van der Waals surface area contributed by atoms with Crippen molar-refractivity contribution in [1.82, 2.24) is 4.57 Å². The van der Waals surface area contributed by atoms with E-state index in [0.29, 0.717) is 32.8 Å². The summed E-state index contributed by atoms with van der Waals surface area (Å²) < 4.78 is 39.4. The second kappa shape index (κ2) is 9.87. The van der Waals surface area contributed by atoms with Gasteiger partial charge >= 0.3 is 6.30 Å². The third kappa shape index (κ3) is 5.26. The number of rotatable bonds is 6. The minimum Gasteiger partial charge on any atom is -0.305 e. The third-order valence-corrected chi connectivity index (χ3v) is 5.94. The quantitative estimate of drug-likeness (QED) is 0.339. The molecule has 0 amide bonds. The molecule has 1 aliphatic heterocycles. The molecular weight excluding hydrogens is 495 g/mol. The van der Waals surface area contributed by atoms with E-state index in [1.54, 1.807) is 55.5 Å². The lowest BCUT2D eigenvalue weighted by molar-refractivity contribution is -0.759. The highest BCUT2D eigenvalue weighted by Gasteiger charge is 2.50. The molecule has 182 valence electrons. The Bertz CT molecular complexity index is 1500. The van der Waals surface area contributed by atoms with Crippen LogP contribution in [0, 0.1) is 11.3 Å². The van der Waals surface area contributed by atoms with E-state index in [2.05, 4.69) is 16.3 Å². The van der Waals surface area contributed by atoms with Crippen LogP contribution in [0.3, 0.4) is 0 Å². The first-order chi connectivity index (χ1) is 17.1. The first-order valence-electron chi connectivity index (χ1n) is 10.7. The largest absolute Gasteiger partial charge is 0.686 e. The van der Waals surface area contributed by atoms with E-state index < -0.39 is 17.9 Å². The number of aromatic nitrogens is 1. The average molecular weight is 513 g/mol. The smallest absolute Gasteiger partial charge is 0.305 e. The molecular formula is C25H18ClF3N5O2+. The Morgan fingerprint density at radius 1 is 1.17 bits per heavy atom. The predicted molar refractivity (Wildman–Crippen MR) is 126 cm³/mol. The van der Waals surface area contributed by atoms with Gasteiger partial charge in [-0.3, -0.25) is 9.59 Å². The molecule has 0 spiro atoms. The molecule has 1 unspecified atom stereocenters. The molecule has 2 aromatic carbocycles. The molecule has 2 heterocycles. The fourth-order valence-electron chi connectivity index (χ4n) is 3.75. The van der Waals surface area contributed by atoms with E-state index >= 15 is 0 Å². The van der Waals surface area contributed by atoms with Gasteiger partial charge in [-0.15, -0.1) is 13.2 Å². The zero-order chi connectivity index (χ0) is 26.0. The topological polar surface area (TPSA) is 90.6 Å². The predicted octanol–water partition coefficient (Wildman–Crippen LogP) is 5.12. The van der Waals surface area contributed by atoms with E-state index in [4.69, 9.17) is 11.6 Å². The Hall–Kier alpha value is -4.10. The monoisotopic (exact) mass is 512 g/mol. The van der Waals surface area contributed by atoms with Crippen molar-refractivity contribution in [2.45, 2.75) is 25.7 Å². The highest BCUT2D eigenvalue weighted by molar-refractivity contribution is 6.30. The number of ketones is 1. The van der Waals surface area contributed by atoms with Gasteiger partial charge in [-0.05, 0) is 42.3 Å². The zero-order valence-corrected chi connectivity index (χ0v) is 19.6. The number of carbonyl (C=O) groups is 1. The fraction of sp³-hybridized carbons (Fsp3) is 0.200. The second-order valence-corrected chi connectivity index (χ2v) is 8.52. The van der Waals surface area contributed by atoms with E-state index in [0.717, 1.165) is 0 Å². The maximum atomic E-state index is 12.9. The third-order valence-electron chi connectivity index (χ3n) is 5.71. The van der Waals surface area contributed by atoms with Gasteiger partial charge in [0.15, 0.2) is 12.3 Å². The van der Waals surface area contributed by atoms with Crippen LogP contribution in [0.4, 0.5) is 13.2 Å². The number of alkyl halides is 3. The van der Waals surface area contributed by atoms with Crippen LogP contribution in [0.1, 0.15) is 29.7 Å². The summed E-state index contributed by atoms with van der Waals surface area (Å²) in [6.45, 7) is 1.41. The summed E-state index contributed by atoms with van der Waals surface area (Å²) in [6.07, 6.45) is -3.15. The van der Waals surface area contributed by atoms with Crippen LogP contribution in [0.25, 0.3) is 11.1 Å². The van der Waals surface area contributed by atoms with Crippen molar-refractivity contribution in [2.24, 2.45) is 10.2 Å². The van der Waals surface area contributed by atoms with Gasteiger partial charge in [-0.2, -0.15) is 5.26 Å². The van der Waals surface area contributed by atoms with Gasteiger partial charge in [-0.25, -0.2) is 0 Å². The first kappa shape index (κ1) is 25.0. The van der Waals surface area contributed by atoms with Crippen LogP contribution < -0.4 is 5.56 Å². The highest BCUT2D eigenvalue weighted by atomic mass is 35.5. The molecule has 0 saturated carbocycles. The maximum Gasteiger partial charge on any atom is 0.686 e. The Labute approximate surface area is 208 Å². The number of azo groups is 1. The van der Waals surface area contributed by atoms with E-state index in [9.17, 15) is 28.0 Å². The van der Waals surface area contributed by atoms with Crippen molar-refractivity contribution < 1.29 is 22.8 Å². The highest BCUT2D eigenvalue weighted by Crippen LogP contribution is 2.26. The zero-order valence-electron chi connectivity index (χ0n) is 18.8. The minimum absolute atomic E-state index is 0.0219. The van der Waals surface area contributed by atoms with Crippen LogP contribution in [-0.4, -0.2) is 33.7 Å². The lowest BCUT2D eigenvalue weighted by atomic mass is 10.00. The molecule has 0 saturated heterocycles. The van der Waals surface area contributed by atoms with Crippen molar-refractivity contribution in [3.05, 3.63) is 92.9 Å². The number of Topliss-reactive ketones (excluding diaryl/α,β-unsaturated/α-hetero) is 1. The standard InChI is InChI=1S/C25H18ClF3N5O2/c1-15(33-9-8-18(11-24(33)36)21-12-20(26)7-6-19(21)13-30)23(35)10-16-2-4-17(5-3-16)22-14-31-34(32-22)25(27,28)29/h2-9,11-12,15H,10,14H2,1H3/q+1. The molecule has 0 aliphatic carbocycles. The van der Waals surface area contributed by atoms with Gasteiger partial charge in [0.25, 0.3) is 5.56 Å². The molecule has 0 bridgehead atoms. The van der Waals surface area contributed by atoms with Crippen molar-refractivity contribution in [3.8, 4) is 17.2 Å². The second-order valence-electron chi connectivity index (χ2n) is 8.08. The van der Waals surface area contributed by atoms with Crippen LogP contribution in [0.5, 0.6) is 0 Å². The van der Waals surface area contributed by atoms with Crippen molar-refractivity contribution >= 4 is 23.1 Å². The number of hydrogen-bond donors (Lipinski definition) is 0. The average Bonchev–Trinajstić information content (AvgIpc) is 3.35. The Kier molecular flexibility index (Phi) is 6.86. The number of halogens is 4. The maximum absolute atomic E-state index is 12.9. The van der Waals surface area contributed by atoms with Crippen molar-refractivity contribution in [1.29, 1.82) is 5.26 Å². The Morgan fingerprint density at radius 2 is 1.89 bits per heavy atom. The summed E-state index contributed by atoms with van der Waals surface area (Å²) in [4.78, 5) is 25.4. The summed E-state index contributed by atoms with van der Waals surface area (Å²) >= 11 is 6.04. The first-order valence-corrected chi connectivity index (χ1v) is 11.1. The molecule has 7 nitrogen and oxygen atoms in total. The van der Waals surface area contributed by atoms with Crippen LogP contribution >= 0.6 is 11.6 Å². The van der Waals surface area contributed by atoms with E-state index in [1.807, 2.05) is 0 Å². The number of hydrazone groups is 1. The molecule has 1 aliphatic rings. The molecule has 3 aromatic rings. The molecule has 0 fully saturated rings. The van der Waals surface area contributed by atoms with E-state index in [-0.39, 0.29) is 29.3 Å². The normalized spacial score (nSPS) is 14.1. The molecule has 36 heavy (non-hydrogen) atoms. The van der Waals surface area contributed by atoms with Crippen molar-refractivity contribution in [3.63, 3.8) is 0 Å². The van der Waals surface area contributed by atoms with E-state index in [1.165, 1.54) is 16.8 Å². The van der Waals surface area contributed by atoms with Gasteiger partial charge in [0.2, 0.25) is 0 Å². The van der Waals surface area contributed by atoms with Crippen LogP contribution in [0.2, 0.25) is 5.02 Å². The lowest BCUT2D eigenvalue weighted by Crippen LogP contribution is -2.28. The number of pyridine rings is 1. The molecule has 1 atom stereocenters. The van der Waals surface area contributed by atoms with Gasteiger partial charge in [-0.1, -0.05) is 35.9 Å². The summed E-state index contributed by atoms with van der Waals surface area (Å²) in [7, 11) is 0. The SMILES string of the molecule is CC(C(=O)Cc1ccc(C2=N[N+](C(F)(F)F)=NC2)cc1)n1ccc(-c2cc(Cl)ccc2C#N)cc1=O. The molecule has 1 aromatic heterocycles. The summed E-state index contributed by atoms with van der Waals surface area (Å²) in [5, 5.41) is 16.6. The van der Waals surface area contributed by atoms with Gasteiger partial charge in [0.05, 0.1) is 17.7 Å². The molecule has 0 N–H and O–H groups in total. The van der Waals surface area contributed by atoms with Gasteiger partial charge < -0.3 is 4.57 Å². The number of benzene rings is 2. The van der Waals surface area contributed by atoms with Crippen LogP contribution in [-0.2, 0) is 11.2 Å². The number of nitriles is 1. The van der Waals surface area contributed by atoms with Crippen molar-refractivity contribution in [2.75, 3.05) is 6.54 Å². The summed E-state index contributed by atoms with van der Waals surface area (Å²) in [5.41, 5.74) is 2.27. The molecule has 0 radical (unpaired) electrons. The minimum atomic E-state index is -4.67. The fourth-order valence-corrected chi connectivity index (χ4v) is 3.92. The number of hydrogen-bond acceptors (Lipinski definition) is 5. The lowest BCUT2D eigenvalue weighted by Gasteiger charge is -2.15. The van der Waals surface area contributed by atoms with Gasteiger partial charge in [0, 0.05) is 45.0 Å². The van der Waals surface area contributed by atoms with Gasteiger partial charge in [0.1, 0.15) is 10.5 Å². The molecule has 4 rings (SSSR count). The van der Waals surface area contributed by atoms with Crippen LogP contribution in [0.15, 0.2) is 75.8 Å². The number of nitrogens with zero attached hydrogens (tertiary/aromatic N) is 5. The Morgan fingerprint density at radius 3 is 2.50 bits per heavy atom. The number of carbonyl (C=O) groups excluding carboxylic acids is 1. The summed E-state index contributed by atoms with van der Waals surface area (Å²) in [5.74, 6) is -0.227. The summed E-state index contributed by atoms with van der Waals surface area (Å²) in [6, 6.07) is 15.5.